The van der Waals surface area contributed by atoms with Crippen LogP contribution in [-0.4, -0.2) is 27.3 Å². The Labute approximate surface area is 184 Å². The lowest BCUT2D eigenvalue weighted by Gasteiger charge is -2.09. The van der Waals surface area contributed by atoms with Gasteiger partial charge in [-0.1, -0.05) is 17.7 Å². The largest absolute Gasteiger partial charge is 0.417 e. The van der Waals surface area contributed by atoms with Gasteiger partial charge in [-0.3, -0.25) is 0 Å². The van der Waals surface area contributed by atoms with Gasteiger partial charge >= 0.3 is 6.18 Å². The Balaban J connectivity index is 2.08. The van der Waals surface area contributed by atoms with Gasteiger partial charge in [0.25, 0.3) is 10.0 Å². The Morgan fingerprint density at radius 3 is 2.44 bits per heavy atom. The second-order valence-corrected chi connectivity index (χ2v) is 8.92. The molecule has 0 amide bonds. The van der Waals surface area contributed by atoms with Gasteiger partial charge in [-0.2, -0.15) is 18.4 Å². The van der Waals surface area contributed by atoms with Crippen LogP contribution < -0.4 is 0 Å². The zero-order valence-corrected chi connectivity index (χ0v) is 17.7. The number of hydrogen-bond acceptors (Lipinski definition) is 6. The van der Waals surface area contributed by atoms with E-state index in [1.807, 2.05) is 6.07 Å². The van der Waals surface area contributed by atoms with Crippen molar-refractivity contribution in [1.29, 1.82) is 5.26 Å². The number of nitrogens with zero attached hydrogens (tertiary/aromatic N) is 5. The number of aryl methyl sites for hydroxylation is 1. The summed E-state index contributed by atoms with van der Waals surface area (Å²) in [4.78, 5) is 11.3. The van der Waals surface area contributed by atoms with Crippen LogP contribution in [-0.2, 0) is 16.2 Å². The Hall–Kier alpha value is -3.49. The van der Waals surface area contributed by atoms with Crippen molar-refractivity contribution >= 4 is 32.7 Å². The normalized spacial score (nSPS) is 12.1. The number of fused-ring (bicyclic) bond motifs is 1. The van der Waals surface area contributed by atoms with Crippen molar-refractivity contribution < 1.29 is 21.6 Å². The van der Waals surface area contributed by atoms with Crippen molar-refractivity contribution in [2.45, 2.75) is 18.0 Å². The molecule has 7 nitrogen and oxygen atoms in total. The van der Waals surface area contributed by atoms with Crippen LogP contribution in [0, 0.1) is 18.3 Å². The maximum Gasteiger partial charge on any atom is 0.417 e. The quantitative estimate of drug-likeness (QED) is 0.400. The summed E-state index contributed by atoms with van der Waals surface area (Å²) in [6.07, 6.45) is -2.00. The van der Waals surface area contributed by atoms with Crippen LogP contribution in [0.5, 0.6) is 0 Å². The van der Waals surface area contributed by atoms with Gasteiger partial charge in [0.15, 0.2) is 5.65 Å². The van der Waals surface area contributed by atoms with Gasteiger partial charge in [0, 0.05) is 23.3 Å². The zero-order valence-electron chi connectivity index (χ0n) is 16.1. The van der Waals surface area contributed by atoms with E-state index < -0.39 is 21.8 Å². The summed E-state index contributed by atoms with van der Waals surface area (Å²) in [7, 11) is -4.23. The molecule has 0 fully saturated rings. The molecule has 0 saturated heterocycles. The molecule has 1 aromatic carbocycles. The van der Waals surface area contributed by atoms with Gasteiger partial charge in [0.1, 0.15) is 6.07 Å². The third kappa shape index (κ3) is 3.68. The molecular formula is C20H11ClF3N5O2S. The minimum Gasteiger partial charge on any atom is -0.237 e. The van der Waals surface area contributed by atoms with E-state index in [-0.39, 0.29) is 38.0 Å². The molecule has 0 saturated carbocycles. The van der Waals surface area contributed by atoms with Crippen molar-refractivity contribution in [3.05, 3.63) is 70.9 Å². The lowest BCUT2D eigenvalue weighted by atomic mass is 10.1. The van der Waals surface area contributed by atoms with Crippen molar-refractivity contribution in [3.8, 4) is 17.3 Å². The summed E-state index contributed by atoms with van der Waals surface area (Å²) >= 11 is 5.83. The van der Waals surface area contributed by atoms with E-state index in [2.05, 4.69) is 15.0 Å². The van der Waals surface area contributed by atoms with Crippen LogP contribution in [0.15, 0.2) is 53.8 Å². The number of aromatic nitrogens is 4. The first-order valence-electron chi connectivity index (χ1n) is 8.86. The molecule has 0 atom stereocenters. The van der Waals surface area contributed by atoms with Gasteiger partial charge < -0.3 is 0 Å². The lowest BCUT2D eigenvalue weighted by molar-refractivity contribution is -0.137. The highest BCUT2D eigenvalue weighted by Crippen LogP contribution is 2.37. The molecule has 0 aliphatic rings. The van der Waals surface area contributed by atoms with Gasteiger partial charge in [-0.05, 0) is 36.7 Å². The second kappa shape index (κ2) is 7.58. The Kier molecular flexibility index (Phi) is 5.15. The number of benzene rings is 1. The minimum atomic E-state index is -4.72. The number of halogens is 4. The number of pyridine rings is 1. The summed E-state index contributed by atoms with van der Waals surface area (Å²) in [5, 5.41) is 8.98. The highest BCUT2D eigenvalue weighted by Gasteiger charge is 2.33. The van der Waals surface area contributed by atoms with Gasteiger partial charge in [-0.25, -0.2) is 27.3 Å². The summed E-state index contributed by atoms with van der Waals surface area (Å²) in [5.41, 5.74) is -0.794. The van der Waals surface area contributed by atoms with E-state index in [1.54, 1.807) is 19.1 Å². The van der Waals surface area contributed by atoms with Gasteiger partial charge in [-0.15, -0.1) is 0 Å². The molecule has 162 valence electrons. The molecule has 0 unspecified atom stereocenters. The maximum absolute atomic E-state index is 13.3. The SMILES string of the molecule is Cc1ccc(S(=O)(=O)n2cc(-c3nc(Cl)ncc3C#N)c3cc(C(F)(F)F)cnc32)cc1. The fourth-order valence-corrected chi connectivity index (χ4v) is 4.54. The number of alkyl halides is 3. The van der Waals surface area contributed by atoms with Crippen LogP contribution in [0.4, 0.5) is 13.2 Å². The monoisotopic (exact) mass is 477 g/mol. The molecule has 0 aliphatic heterocycles. The molecule has 12 heteroatoms. The highest BCUT2D eigenvalue weighted by molar-refractivity contribution is 7.90. The third-order valence-electron chi connectivity index (χ3n) is 4.65. The van der Waals surface area contributed by atoms with Gasteiger partial charge in [0.2, 0.25) is 5.28 Å². The van der Waals surface area contributed by atoms with Crippen LogP contribution >= 0.6 is 11.6 Å². The fraction of sp³-hybridized carbons (Fsp3) is 0.100. The molecule has 0 N–H and O–H groups in total. The van der Waals surface area contributed by atoms with E-state index >= 15 is 0 Å². The number of hydrogen-bond donors (Lipinski definition) is 0. The summed E-state index contributed by atoms with van der Waals surface area (Å²) < 4.78 is 67.3. The Morgan fingerprint density at radius 1 is 1.12 bits per heavy atom. The molecular weight excluding hydrogens is 467 g/mol. The first-order chi connectivity index (χ1) is 15.0. The fourth-order valence-electron chi connectivity index (χ4n) is 3.08. The van der Waals surface area contributed by atoms with Crippen molar-refractivity contribution in [1.82, 2.24) is 18.9 Å². The van der Waals surface area contributed by atoms with E-state index in [9.17, 15) is 26.9 Å². The Bertz CT molecular complexity index is 1510. The maximum atomic E-state index is 13.3. The zero-order chi connectivity index (χ0) is 23.3. The molecule has 3 heterocycles. The smallest absolute Gasteiger partial charge is 0.237 e. The van der Waals surface area contributed by atoms with Gasteiger partial charge in [0.05, 0.1) is 27.9 Å². The molecule has 0 bridgehead atoms. The Morgan fingerprint density at radius 2 is 1.81 bits per heavy atom. The summed E-state index contributed by atoms with van der Waals surface area (Å²) in [6, 6.07) is 8.53. The predicted molar refractivity (Wildman–Crippen MR) is 109 cm³/mol. The van der Waals surface area contributed by atoms with E-state index in [1.165, 1.54) is 12.1 Å². The predicted octanol–water partition coefficient (Wildman–Crippen LogP) is 4.58. The number of rotatable bonds is 3. The third-order valence-corrected chi connectivity index (χ3v) is 6.50. The lowest BCUT2D eigenvalue weighted by Crippen LogP contribution is -2.13. The number of nitriles is 1. The van der Waals surface area contributed by atoms with Crippen LogP contribution in [0.1, 0.15) is 16.7 Å². The second-order valence-electron chi connectivity index (χ2n) is 6.76. The van der Waals surface area contributed by atoms with Crippen molar-refractivity contribution in [2.24, 2.45) is 0 Å². The average molecular weight is 478 g/mol. The first-order valence-corrected chi connectivity index (χ1v) is 10.7. The molecule has 0 aliphatic carbocycles. The van der Waals surface area contributed by atoms with Crippen molar-refractivity contribution in [2.75, 3.05) is 0 Å². The standard InChI is InChI=1S/C20H11ClF3N5O2S/c1-11-2-4-14(5-3-11)32(30,31)29-10-16(17-12(7-25)8-27-19(21)28-17)15-6-13(20(22,23)24)9-26-18(15)29/h2-6,8-10H,1H3. The molecule has 0 spiro atoms. The van der Waals surface area contributed by atoms with Crippen molar-refractivity contribution in [3.63, 3.8) is 0 Å². The van der Waals surface area contributed by atoms with Crippen LogP contribution in [0.2, 0.25) is 5.28 Å². The first kappa shape index (κ1) is 21.7. The minimum absolute atomic E-state index is 0.0601. The molecule has 4 rings (SSSR count). The van der Waals surface area contributed by atoms with E-state index in [0.717, 1.165) is 28.0 Å². The van der Waals surface area contributed by atoms with E-state index in [0.29, 0.717) is 6.20 Å². The topological polar surface area (TPSA) is 102 Å². The van der Waals surface area contributed by atoms with E-state index in [4.69, 9.17) is 11.6 Å². The molecule has 32 heavy (non-hydrogen) atoms. The molecule has 0 radical (unpaired) electrons. The highest BCUT2D eigenvalue weighted by atomic mass is 35.5. The summed E-state index contributed by atoms with van der Waals surface area (Å²) in [6.45, 7) is 1.78. The van der Waals surface area contributed by atoms with Crippen LogP contribution in [0.3, 0.4) is 0 Å². The van der Waals surface area contributed by atoms with Crippen LogP contribution in [0.25, 0.3) is 22.3 Å². The summed E-state index contributed by atoms with van der Waals surface area (Å²) in [5.74, 6) is 0. The molecule has 3 aromatic heterocycles. The average Bonchev–Trinajstić information content (AvgIpc) is 3.13. The molecule has 4 aromatic rings.